The lowest BCUT2D eigenvalue weighted by Crippen LogP contribution is -2.59. The van der Waals surface area contributed by atoms with Gasteiger partial charge in [0.2, 0.25) is 17.7 Å². The molecule has 4 unspecified atom stereocenters. The maximum Gasteiger partial charge on any atom is 0.328 e. The number of aliphatic hydroxyl groups is 2. The van der Waals surface area contributed by atoms with Gasteiger partial charge in [-0.05, 0) is 18.4 Å². The summed E-state index contributed by atoms with van der Waals surface area (Å²) in [5.74, 6) is -3.29. The first-order chi connectivity index (χ1) is 12.7. The van der Waals surface area contributed by atoms with Crippen molar-refractivity contribution in [3.63, 3.8) is 0 Å². The molecule has 156 valence electrons. The van der Waals surface area contributed by atoms with E-state index in [4.69, 9.17) is 15.9 Å². The number of nitrogens with one attached hydrogen (secondary N) is 3. The Morgan fingerprint density at radius 3 is 1.89 bits per heavy atom. The Hall–Kier alpha value is -1.54. The number of carbonyl (C=O) groups excluding carboxylic acids is 3. The summed E-state index contributed by atoms with van der Waals surface area (Å²) in [6.07, 6.45) is 2.27. The lowest BCUT2D eigenvalue weighted by atomic mass is 10.2. The molecule has 0 radical (unpaired) electrons. The van der Waals surface area contributed by atoms with Crippen LogP contribution in [0.1, 0.15) is 6.42 Å². The number of aliphatic hydroxyl groups excluding tert-OH is 2. The molecule has 13 heteroatoms. The highest BCUT2D eigenvalue weighted by Crippen LogP contribution is 2.00. The molecule has 0 saturated carbocycles. The molecule has 0 heterocycles. The number of thioether (sulfide) groups is 1. The van der Waals surface area contributed by atoms with E-state index in [2.05, 4.69) is 23.3 Å². The summed E-state index contributed by atoms with van der Waals surface area (Å²) >= 11 is 5.49. The van der Waals surface area contributed by atoms with Crippen molar-refractivity contribution in [1.82, 2.24) is 16.0 Å². The van der Waals surface area contributed by atoms with Crippen molar-refractivity contribution < 1.29 is 34.5 Å². The molecule has 0 aromatic rings. The Morgan fingerprint density at radius 2 is 1.44 bits per heavy atom. The first kappa shape index (κ1) is 25.5. The van der Waals surface area contributed by atoms with Gasteiger partial charge in [-0.2, -0.15) is 24.4 Å². The lowest BCUT2D eigenvalue weighted by molar-refractivity contribution is -0.143. The Morgan fingerprint density at radius 1 is 0.963 bits per heavy atom. The van der Waals surface area contributed by atoms with E-state index in [0.717, 1.165) is 0 Å². The predicted octanol–water partition coefficient (Wildman–Crippen LogP) is -3.48. The van der Waals surface area contributed by atoms with E-state index in [-0.39, 0.29) is 5.75 Å². The van der Waals surface area contributed by atoms with Gasteiger partial charge in [0, 0.05) is 5.75 Å². The van der Waals surface area contributed by atoms with Crippen LogP contribution in [0.4, 0.5) is 0 Å². The topological polar surface area (TPSA) is 191 Å². The molecule has 0 aromatic heterocycles. The molecule has 0 bridgehead atoms. The van der Waals surface area contributed by atoms with Crippen molar-refractivity contribution in [2.24, 2.45) is 5.73 Å². The van der Waals surface area contributed by atoms with E-state index in [9.17, 15) is 24.3 Å². The molecule has 27 heavy (non-hydrogen) atoms. The van der Waals surface area contributed by atoms with E-state index in [1.165, 1.54) is 11.8 Å². The summed E-state index contributed by atoms with van der Waals surface area (Å²) in [7, 11) is 0. The predicted molar refractivity (Wildman–Crippen MR) is 102 cm³/mol. The number of hydrogen-bond donors (Lipinski definition) is 8. The zero-order valence-electron chi connectivity index (χ0n) is 14.8. The molecular weight excluding hydrogens is 400 g/mol. The van der Waals surface area contributed by atoms with Crippen LogP contribution in [-0.2, 0) is 19.2 Å². The molecule has 3 amide bonds. The number of carboxylic acid groups (broad SMARTS) is 1. The van der Waals surface area contributed by atoms with E-state index < -0.39 is 61.1 Å². The highest BCUT2D eigenvalue weighted by atomic mass is 32.2. The van der Waals surface area contributed by atoms with Crippen molar-refractivity contribution in [2.75, 3.05) is 31.0 Å². The van der Waals surface area contributed by atoms with Gasteiger partial charge in [-0.1, -0.05) is 0 Å². The molecular formula is C14H26N4O7S2. The summed E-state index contributed by atoms with van der Waals surface area (Å²) in [6, 6.07) is -4.99. The van der Waals surface area contributed by atoms with Crippen LogP contribution in [0.15, 0.2) is 0 Å². The van der Waals surface area contributed by atoms with Gasteiger partial charge in [0.15, 0.2) is 0 Å². The second-order valence-electron chi connectivity index (χ2n) is 5.46. The summed E-state index contributed by atoms with van der Waals surface area (Å²) in [5.41, 5.74) is 5.72. The Kier molecular flexibility index (Phi) is 12.8. The van der Waals surface area contributed by atoms with Gasteiger partial charge >= 0.3 is 5.97 Å². The minimum absolute atomic E-state index is 0.0963. The van der Waals surface area contributed by atoms with Gasteiger partial charge in [0.1, 0.15) is 18.1 Å². The van der Waals surface area contributed by atoms with Crippen molar-refractivity contribution in [2.45, 2.75) is 30.6 Å². The second-order valence-corrected chi connectivity index (χ2v) is 6.81. The van der Waals surface area contributed by atoms with Crippen LogP contribution in [0.2, 0.25) is 0 Å². The van der Waals surface area contributed by atoms with Gasteiger partial charge in [0.25, 0.3) is 0 Å². The third-order valence-electron chi connectivity index (χ3n) is 3.40. The first-order valence-corrected chi connectivity index (χ1v) is 9.95. The molecule has 0 aliphatic carbocycles. The number of nitrogens with two attached hydrogens (primary N) is 1. The molecule has 0 spiro atoms. The Bertz CT molecular complexity index is 524. The third kappa shape index (κ3) is 9.28. The van der Waals surface area contributed by atoms with Crippen molar-refractivity contribution in [1.29, 1.82) is 0 Å². The lowest BCUT2D eigenvalue weighted by Gasteiger charge is -2.23. The van der Waals surface area contributed by atoms with E-state index in [1.54, 1.807) is 0 Å². The van der Waals surface area contributed by atoms with Gasteiger partial charge in [-0.15, -0.1) is 0 Å². The molecule has 0 saturated heterocycles. The van der Waals surface area contributed by atoms with Crippen LogP contribution < -0.4 is 21.7 Å². The maximum atomic E-state index is 12.2. The molecule has 4 atom stereocenters. The summed E-state index contributed by atoms with van der Waals surface area (Å²) in [4.78, 5) is 47.0. The zero-order valence-corrected chi connectivity index (χ0v) is 16.5. The number of carbonyl (C=O) groups is 4. The van der Waals surface area contributed by atoms with Gasteiger partial charge in [0.05, 0.1) is 19.3 Å². The minimum Gasteiger partial charge on any atom is -0.480 e. The van der Waals surface area contributed by atoms with Crippen LogP contribution in [-0.4, -0.2) is 94.2 Å². The number of hydrogen-bond acceptors (Lipinski definition) is 9. The van der Waals surface area contributed by atoms with Crippen LogP contribution in [0.5, 0.6) is 0 Å². The summed E-state index contributed by atoms with van der Waals surface area (Å²) < 4.78 is 0. The van der Waals surface area contributed by atoms with Gasteiger partial charge in [-0.25, -0.2) is 4.79 Å². The number of aliphatic carboxylic acids is 1. The van der Waals surface area contributed by atoms with Crippen LogP contribution in [0, 0.1) is 0 Å². The average Bonchev–Trinajstić information content (AvgIpc) is 2.65. The average molecular weight is 427 g/mol. The fourth-order valence-electron chi connectivity index (χ4n) is 1.77. The number of amides is 3. The molecule has 8 N–H and O–H groups in total. The molecule has 0 aliphatic rings. The second kappa shape index (κ2) is 13.6. The Labute approximate surface area is 166 Å². The number of carboxylic acids is 1. The van der Waals surface area contributed by atoms with Crippen molar-refractivity contribution in [3.05, 3.63) is 0 Å². The highest BCUT2D eigenvalue weighted by molar-refractivity contribution is 7.98. The molecule has 0 rings (SSSR count). The van der Waals surface area contributed by atoms with Crippen molar-refractivity contribution in [3.8, 4) is 0 Å². The van der Waals surface area contributed by atoms with Crippen LogP contribution in [0.25, 0.3) is 0 Å². The summed E-state index contributed by atoms with van der Waals surface area (Å²) in [6.45, 7) is -1.69. The Balaban J connectivity index is 4.83. The number of rotatable bonds is 13. The van der Waals surface area contributed by atoms with Crippen LogP contribution in [0.3, 0.4) is 0 Å². The van der Waals surface area contributed by atoms with E-state index in [0.29, 0.717) is 12.2 Å². The van der Waals surface area contributed by atoms with E-state index in [1.807, 2.05) is 11.6 Å². The SMILES string of the molecule is CSCCC(N)C(=O)NC(CS)C(=O)NC(CO)C(=O)NC(CO)C(=O)O. The normalized spacial score (nSPS) is 15.1. The number of thiol groups is 1. The highest BCUT2D eigenvalue weighted by Gasteiger charge is 2.29. The van der Waals surface area contributed by atoms with Crippen molar-refractivity contribution >= 4 is 48.1 Å². The van der Waals surface area contributed by atoms with Crippen LogP contribution >= 0.6 is 24.4 Å². The first-order valence-electron chi connectivity index (χ1n) is 7.92. The van der Waals surface area contributed by atoms with Gasteiger partial charge in [-0.3, -0.25) is 14.4 Å². The fraction of sp³-hybridized carbons (Fsp3) is 0.714. The van der Waals surface area contributed by atoms with Gasteiger partial charge < -0.3 is 37.0 Å². The molecule has 11 nitrogen and oxygen atoms in total. The van der Waals surface area contributed by atoms with E-state index >= 15 is 0 Å². The smallest absolute Gasteiger partial charge is 0.328 e. The third-order valence-corrected chi connectivity index (χ3v) is 4.41. The zero-order chi connectivity index (χ0) is 21.0. The monoisotopic (exact) mass is 426 g/mol. The molecule has 0 aliphatic heterocycles. The maximum absolute atomic E-state index is 12.2. The quantitative estimate of drug-likeness (QED) is 0.138. The largest absolute Gasteiger partial charge is 0.480 e. The minimum atomic E-state index is -1.58. The fourth-order valence-corrected chi connectivity index (χ4v) is 2.52. The standard InChI is InChI=1S/C14H26N4O7S2/c1-27-3-2-7(15)11(21)18-10(6-26)13(23)16-8(4-19)12(22)17-9(5-20)14(24)25/h7-10,19-20,26H,2-6,15H2,1H3,(H,16,23)(H,17,22)(H,18,21)(H,24,25). The summed E-state index contributed by atoms with van der Waals surface area (Å²) in [5, 5.41) is 33.5. The molecule has 0 aromatic carbocycles. The molecule has 0 fully saturated rings.